The van der Waals surface area contributed by atoms with Gasteiger partial charge in [0.1, 0.15) is 0 Å². The topological polar surface area (TPSA) is 43.4 Å². The first-order valence-corrected chi connectivity index (χ1v) is 5.29. The Hall–Kier alpha value is 0.01000. The molecule has 0 spiro atoms. The van der Waals surface area contributed by atoms with Crippen molar-refractivity contribution in [2.24, 2.45) is 5.92 Å². The van der Waals surface area contributed by atoms with Gasteiger partial charge in [-0.15, -0.1) is 0 Å². The highest BCUT2D eigenvalue weighted by Crippen LogP contribution is 2.28. The van der Waals surface area contributed by atoms with Crippen molar-refractivity contribution in [3.8, 4) is 0 Å². The predicted octanol–water partition coefficient (Wildman–Crippen LogP) is 2.86. The maximum atomic E-state index is 11.2. The van der Waals surface area contributed by atoms with Crippen LogP contribution in [0.15, 0.2) is 0 Å². The molecule has 0 unspecified atom stereocenters. The van der Waals surface area contributed by atoms with Crippen molar-refractivity contribution in [1.29, 1.82) is 0 Å². The van der Waals surface area contributed by atoms with Gasteiger partial charge in [0.05, 0.1) is 5.92 Å². The lowest BCUT2D eigenvalue weighted by Crippen LogP contribution is -2.28. The number of rotatable bonds is 3. The maximum absolute atomic E-state index is 11.2. The van der Waals surface area contributed by atoms with Crippen molar-refractivity contribution in [3.63, 3.8) is 0 Å². The highest BCUT2D eigenvalue weighted by molar-refractivity contribution is 6.75. The minimum absolute atomic E-state index is 0.327. The SMILES string of the molecule is CCC(CC)C(=O)OC(=O)C(Cl)(Cl)Cl. The zero-order valence-electron chi connectivity index (χ0n) is 7.85. The molecule has 0 bridgehead atoms. The third-order valence-electron chi connectivity index (χ3n) is 1.74. The quantitative estimate of drug-likeness (QED) is 0.446. The molecule has 0 aromatic heterocycles. The Bertz CT molecular complexity index is 218. The molecular weight excluding hydrogens is 250 g/mol. The van der Waals surface area contributed by atoms with E-state index in [2.05, 4.69) is 4.74 Å². The van der Waals surface area contributed by atoms with E-state index < -0.39 is 15.7 Å². The summed E-state index contributed by atoms with van der Waals surface area (Å²) in [5, 5.41) is 0. The van der Waals surface area contributed by atoms with Crippen molar-refractivity contribution in [2.45, 2.75) is 30.5 Å². The van der Waals surface area contributed by atoms with Crippen LogP contribution in [-0.4, -0.2) is 15.7 Å². The Balaban J connectivity index is 4.26. The van der Waals surface area contributed by atoms with E-state index in [1.807, 2.05) is 13.8 Å². The molecule has 0 aliphatic heterocycles. The van der Waals surface area contributed by atoms with Gasteiger partial charge in [0.25, 0.3) is 3.79 Å². The average molecular weight is 262 g/mol. The fourth-order valence-electron chi connectivity index (χ4n) is 0.855. The fourth-order valence-corrected chi connectivity index (χ4v) is 0.970. The van der Waals surface area contributed by atoms with Crippen LogP contribution in [0.3, 0.4) is 0 Å². The van der Waals surface area contributed by atoms with Crippen molar-refractivity contribution in [1.82, 2.24) is 0 Å². The normalized spacial score (nSPS) is 11.6. The van der Waals surface area contributed by atoms with E-state index in [-0.39, 0.29) is 5.92 Å². The van der Waals surface area contributed by atoms with E-state index in [4.69, 9.17) is 34.8 Å². The average Bonchev–Trinajstić information content (AvgIpc) is 2.04. The van der Waals surface area contributed by atoms with Crippen LogP contribution >= 0.6 is 34.8 Å². The van der Waals surface area contributed by atoms with Crippen molar-refractivity contribution in [2.75, 3.05) is 0 Å². The largest absolute Gasteiger partial charge is 0.390 e. The third-order valence-corrected chi connectivity index (χ3v) is 2.21. The van der Waals surface area contributed by atoms with Crippen molar-refractivity contribution >= 4 is 46.7 Å². The molecule has 0 fully saturated rings. The molecule has 0 aromatic carbocycles. The number of carbonyl (C=O) groups excluding carboxylic acids is 2. The summed E-state index contributed by atoms with van der Waals surface area (Å²) in [6.07, 6.45) is 1.17. The lowest BCUT2D eigenvalue weighted by molar-refractivity contribution is -0.162. The highest BCUT2D eigenvalue weighted by Gasteiger charge is 2.35. The zero-order chi connectivity index (χ0) is 11.4. The van der Waals surface area contributed by atoms with Gasteiger partial charge in [-0.05, 0) is 12.8 Å². The summed E-state index contributed by atoms with van der Waals surface area (Å²) < 4.78 is 2.19. The first-order chi connectivity index (χ1) is 6.32. The summed E-state index contributed by atoms with van der Waals surface area (Å²) >= 11 is 15.7. The molecule has 14 heavy (non-hydrogen) atoms. The third kappa shape index (κ3) is 4.49. The molecule has 3 nitrogen and oxygen atoms in total. The lowest BCUT2D eigenvalue weighted by Gasteiger charge is -2.13. The Morgan fingerprint density at radius 2 is 1.64 bits per heavy atom. The minimum Gasteiger partial charge on any atom is -0.390 e. The lowest BCUT2D eigenvalue weighted by atomic mass is 10.0. The summed E-state index contributed by atoms with van der Waals surface area (Å²) in [5.74, 6) is -2.13. The van der Waals surface area contributed by atoms with Crippen LogP contribution in [0.5, 0.6) is 0 Å². The van der Waals surface area contributed by atoms with E-state index in [0.29, 0.717) is 12.8 Å². The van der Waals surface area contributed by atoms with Gasteiger partial charge in [-0.3, -0.25) is 4.79 Å². The van der Waals surface area contributed by atoms with Crippen molar-refractivity contribution in [3.05, 3.63) is 0 Å². The molecule has 0 atom stereocenters. The first kappa shape index (κ1) is 14.0. The summed E-state index contributed by atoms with van der Waals surface area (Å²) in [7, 11) is 0. The van der Waals surface area contributed by atoms with Crippen LogP contribution in [0.25, 0.3) is 0 Å². The van der Waals surface area contributed by atoms with Crippen LogP contribution < -0.4 is 0 Å². The van der Waals surface area contributed by atoms with Gasteiger partial charge in [0.2, 0.25) is 0 Å². The summed E-state index contributed by atoms with van der Waals surface area (Å²) in [5.41, 5.74) is 0. The summed E-state index contributed by atoms with van der Waals surface area (Å²) in [6, 6.07) is 0. The molecule has 0 saturated carbocycles. The first-order valence-electron chi connectivity index (χ1n) is 4.15. The van der Waals surface area contributed by atoms with E-state index in [1.54, 1.807) is 0 Å². The molecule has 0 aliphatic rings. The second-order valence-electron chi connectivity index (χ2n) is 2.72. The fraction of sp³-hybridized carbons (Fsp3) is 0.750. The van der Waals surface area contributed by atoms with Gasteiger partial charge < -0.3 is 4.74 Å². The van der Waals surface area contributed by atoms with Crippen molar-refractivity contribution < 1.29 is 14.3 Å². The van der Waals surface area contributed by atoms with Gasteiger partial charge >= 0.3 is 11.9 Å². The van der Waals surface area contributed by atoms with Crippen LogP contribution in [0, 0.1) is 5.92 Å². The smallest absolute Gasteiger partial charge is 0.366 e. The van der Waals surface area contributed by atoms with E-state index >= 15 is 0 Å². The van der Waals surface area contributed by atoms with Gasteiger partial charge in [-0.25, -0.2) is 4.79 Å². The molecule has 0 amide bonds. The monoisotopic (exact) mass is 260 g/mol. The van der Waals surface area contributed by atoms with Crippen LogP contribution in [0.1, 0.15) is 26.7 Å². The molecule has 0 aromatic rings. The molecule has 6 heteroatoms. The molecule has 0 heterocycles. The van der Waals surface area contributed by atoms with Gasteiger partial charge in [0.15, 0.2) is 0 Å². The Kier molecular flexibility index (Phi) is 5.79. The Morgan fingerprint density at radius 1 is 1.21 bits per heavy atom. The number of alkyl halides is 3. The number of esters is 2. The molecule has 0 rings (SSSR count). The molecule has 0 aliphatic carbocycles. The second kappa shape index (κ2) is 5.79. The Labute approximate surface area is 97.6 Å². The summed E-state index contributed by atoms with van der Waals surface area (Å²) in [4.78, 5) is 22.2. The van der Waals surface area contributed by atoms with E-state index in [1.165, 1.54) is 0 Å². The number of carbonyl (C=O) groups is 2. The Morgan fingerprint density at radius 3 is 1.93 bits per heavy atom. The van der Waals surface area contributed by atoms with E-state index in [9.17, 15) is 9.59 Å². The maximum Gasteiger partial charge on any atom is 0.366 e. The molecular formula is C8H11Cl3O3. The number of ether oxygens (including phenoxy) is 1. The minimum atomic E-state index is -2.19. The van der Waals surface area contributed by atoms with Crippen LogP contribution in [-0.2, 0) is 14.3 Å². The summed E-state index contributed by atoms with van der Waals surface area (Å²) in [6.45, 7) is 3.63. The molecule has 0 radical (unpaired) electrons. The van der Waals surface area contributed by atoms with Crippen LogP contribution in [0.2, 0.25) is 0 Å². The molecule has 0 saturated heterocycles. The predicted molar refractivity (Wildman–Crippen MR) is 55.5 cm³/mol. The number of hydrogen-bond donors (Lipinski definition) is 0. The van der Waals surface area contributed by atoms with E-state index in [0.717, 1.165) is 0 Å². The van der Waals surface area contributed by atoms with Gasteiger partial charge in [-0.2, -0.15) is 0 Å². The molecule has 0 N–H and O–H groups in total. The van der Waals surface area contributed by atoms with Gasteiger partial charge in [-0.1, -0.05) is 48.7 Å². The van der Waals surface area contributed by atoms with Crippen LogP contribution in [0.4, 0.5) is 0 Å². The zero-order valence-corrected chi connectivity index (χ0v) is 10.1. The highest BCUT2D eigenvalue weighted by atomic mass is 35.6. The van der Waals surface area contributed by atoms with Gasteiger partial charge in [0, 0.05) is 0 Å². The number of halogens is 3. The molecule has 82 valence electrons. The standard InChI is InChI=1S/C8H11Cl3O3/c1-3-5(4-2)6(12)14-7(13)8(9,10)11/h5H,3-4H2,1-2H3. The number of hydrogen-bond acceptors (Lipinski definition) is 3. The second-order valence-corrected chi connectivity index (χ2v) is 5.00.